The van der Waals surface area contributed by atoms with Crippen molar-refractivity contribution in [2.24, 2.45) is 5.92 Å². The number of aldehydes is 1. The van der Waals surface area contributed by atoms with Crippen molar-refractivity contribution >= 4 is 12.1 Å². The van der Waals surface area contributed by atoms with Gasteiger partial charge in [0.15, 0.2) is 11.5 Å². The van der Waals surface area contributed by atoms with Crippen LogP contribution in [0.5, 0.6) is 5.75 Å². The number of carbonyl (C=O) groups excluding carboxylic acids is 2. The van der Waals surface area contributed by atoms with Crippen molar-refractivity contribution in [2.75, 3.05) is 33.9 Å². The molecule has 0 saturated carbocycles. The molecule has 3 rings (SSSR count). The smallest absolute Gasteiger partial charge is 0.181 e. The zero-order valence-corrected chi connectivity index (χ0v) is 15.1. The van der Waals surface area contributed by atoms with Crippen LogP contribution in [0.3, 0.4) is 0 Å². The topological polar surface area (TPSA) is 67.9 Å². The van der Waals surface area contributed by atoms with E-state index in [2.05, 4.69) is 5.32 Å². The minimum Gasteiger partial charge on any atom is -0.497 e. The Bertz CT molecular complexity index is 697. The number of Topliss-reactive ketones (excluding diaryl/α,β-unsaturated/α-hetero) is 1. The monoisotopic (exact) mass is 356 g/mol. The number of hydrogen-bond donors (Lipinski definition) is 1. The Kier molecular flexibility index (Phi) is 5.66. The molecular formula is C20H24N2O4. The summed E-state index contributed by atoms with van der Waals surface area (Å²) in [7, 11) is 3.22. The van der Waals surface area contributed by atoms with E-state index in [1.165, 1.54) is 0 Å². The van der Waals surface area contributed by atoms with Gasteiger partial charge in [-0.05, 0) is 36.4 Å². The van der Waals surface area contributed by atoms with Crippen LogP contribution in [-0.2, 0) is 9.53 Å². The summed E-state index contributed by atoms with van der Waals surface area (Å²) in [5.74, 6) is 0.485. The molecule has 1 atom stereocenters. The second-order valence-corrected chi connectivity index (χ2v) is 6.39. The highest BCUT2D eigenvalue weighted by atomic mass is 16.5. The van der Waals surface area contributed by atoms with Gasteiger partial charge in [-0.25, -0.2) is 0 Å². The molecular weight excluding hydrogens is 332 g/mol. The Morgan fingerprint density at radius 3 is 2.50 bits per heavy atom. The zero-order chi connectivity index (χ0) is 18.6. The van der Waals surface area contributed by atoms with Crippen molar-refractivity contribution in [3.63, 3.8) is 0 Å². The van der Waals surface area contributed by atoms with Crippen LogP contribution in [0.25, 0.3) is 0 Å². The van der Waals surface area contributed by atoms with Gasteiger partial charge in [-0.2, -0.15) is 0 Å². The highest BCUT2D eigenvalue weighted by molar-refractivity contribution is 6.00. The van der Waals surface area contributed by atoms with Crippen LogP contribution in [0, 0.1) is 5.92 Å². The largest absolute Gasteiger partial charge is 0.497 e. The molecule has 6 nitrogen and oxygen atoms in total. The van der Waals surface area contributed by atoms with E-state index < -0.39 is 5.72 Å². The normalized spacial score (nSPS) is 28.7. The number of ketones is 1. The van der Waals surface area contributed by atoms with Crippen LogP contribution in [0.15, 0.2) is 48.6 Å². The standard InChI is InChI=1S/C20H24N2O4/c1-25-17-5-3-16(4-6-17)19(24)18-13-21-11-12-22(18)20(26-2)9-7-15(14-23)8-10-20/h3-10,14-15,18,21H,11-13H2,1-2H3. The molecule has 6 heteroatoms. The summed E-state index contributed by atoms with van der Waals surface area (Å²) in [6.07, 6.45) is 8.24. The lowest BCUT2D eigenvalue weighted by Gasteiger charge is -2.46. The van der Waals surface area contributed by atoms with E-state index in [9.17, 15) is 9.59 Å². The molecule has 0 radical (unpaired) electrons. The minimum absolute atomic E-state index is 0.0237. The predicted octanol–water partition coefficient (Wildman–Crippen LogP) is 1.44. The second-order valence-electron chi connectivity index (χ2n) is 6.39. The summed E-state index contributed by atoms with van der Waals surface area (Å²) in [6.45, 7) is 1.95. The number of allylic oxidation sites excluding steroid dienone is 2. The SMILES string of the molecule is COc1ccc(C(=O)C2CNCCN2C2(OC)C=CC(C=O)C=C2)cc1. The van der Waals surface area contributed by atoms with Gasteiger partial charge in [0.2, 0.25) is 0 Å². The molecule has 1 aromatic rings. The van der Waals surface area contributed by atoms with Crippen LogP contribution in [0.1, 0.15) is 10.4 Å². The Labute approximate surface area is 153 Å². The van der Waals surface area contributed by atoms with E-state index in [-0.39, 0.29) is 17.7 Å². The van der Waals surface area contributed by atoms with Crippen molar-refractivity contribution in [1.82, 2.24) is 10.2 Å². The molecule has 0 amide bonds. The van der Waals surface area contributed by atoms with E-state index in [4.69, 9.17) is 9.47 Å². The summed E-state index contributed by atoms with van der Waals surface area (Å²) >= 11 is 0. The molecule has 1 aromatic carbocycles. The number of methoxy groups -OCH3 is 2. The summed E-state index contributed by atoms with van der Waals surface area (Å²) < 4.78 is 11.0. The Morgan fingerprint density at radius 2 is 1.92 bits per heavy atom. The lowest BCUT2D eigenvalue weighted by Crippen LogP contribution is -2.63. The Balaban J connectivity index is 1.88. The molecule has 1 heterocycles. The fourth-order valence-electron chi connectivity index (χ4n) is 3.46. The van der Waals surface area contributed by atoms with Gasteiger partial charge in [0.1, 0.15) is 12.0 Å². The fraction of sp³-hybridized carbons (Fsp3) is 0.400. The lowest BCUT2D eigenvalue weighted by atomic mass is 9.93. The Morgan fingerprint density at radius 1 is 1.23 bits per heavy atom. The number of carbonyl (C=O) groups is 2. The predicted molar refractivity (Wildman–Crippen MR) is 98.3 cm³/mol. The highest BCUT2D eigenvalue weighted by Crippen LogP contribution is 2.30. The molecule has 1 fully saturated rings. The highest BCUT2D eigenvalue weighted by Gasteiger charge is 2.42. The average molecular weight is 356 g/mol. The number of nitrogens with one attached hydrogen (secondary N) is 1. The van der Waals surface area contributed by atoms with Crippen LogP contribution < -0.4 is 10.1 Å². The van der Waals surface area contributed by atoms with Crippen molar-refractivity contribution in [1.29, 1.82) is 0 Å². The molecule has 138 valence electrons. The average Bonchev–Trinajstić information content (AvgIpc) is 2.73. The van der Waals surface area contributed by atoms with Gasteiger partial charge in [0.25, 0.3) is 0 Å². The van der Waals surface area contributed by atoms with Gasteiger partial charge in [-0.3, -0.25) is 9.69 Å². The number of ether oxygens (including phenoxy) is 2. The van der Waals surface area contributed by atoms with Gasteiger partial charge in [-0.1, -0.05) is 12.2 Å². The van der Waals surface area contributed by atoms with E-state index >= 15 is 0 Å². The Hall–Kier alpha value is -2.28. The molecule has 0 aromatic heterocycles. The minimum atomic E-state index is -0.825. The molecule has 0 bridgehead atoms. The quantitative estimate of drug-likeness (QED) is 0.473. The molecule has 1 unspecified atom stereocenters. The maximum atomic E-state index is 13.1. The summed E-state index contributed by atoms with van der Waals surface area (Å²) in [4.78, 5) is 26.2. The van der Waals surface area contributed by atoms with E-state index in [1.54, 1.807) is 38.5 Å². The first-order valence-corrected chi connectivity index (χ1v) is 8.68. The van der Waals surface area contributed by atoms with Crippen LogP contribution in [-0.4, -0.2) is 62.6 Å². The van der Waals surface area contributed by atoms with Crippen molar-refractivity contribution in [2.45, 2.75) is 11.8 Å². The van der Waals surface area contributed by atoms with Gasteiger partial charge in [-0.15, -0.1) is 0 Å². The zero-order valence-electron chi connectivity index (χ0n) is 15.1. The van der Waals surface area contributed by atoms with Crippen molar-refractivity contribution < 1.29 is 19.1 Å². The number of piperazine rings is 1. The van der Waals surface area contributed by atoms with E-state index in [1.807, 2.05) is 29.2 Å². The van der Waals surface area contributed by atoms with Crippen LogP contribution in [0.2, 0.25) is 0 Å². The molecule has 0 spiro atoms. The molecule has 1 aliphatic heterocycles. The number of nitrogens with zero attached hydrogens (tertiary/aromatic N) is 1. The molecule has 1 saturated heterocycles. The number of rotatable bonds is 6. The maximum Gasteiger partial charge on any atom is 0.181 e. The summed E-state index contributed by atoms with van der Waals surface area (Å²) in [5, 5.41) is 3.29. The van der Waals surface area contributed by atoms with Gasteiger partial charge >= 0.3 is 0 Å². The number of hydrogen-bond acceptors (Lipinski definition) is 6. The molecule has 1 aliphatic carbocycles. The van der Waals surface area contributed by atoms with Crippen molar-refractivity contribution in [3.8, 4) is 5.75 Å². The molecule has 1 N–H and O–H groups in total. The first-order chi connectivity index (χ1) is 12.6. The third-order valence-corrected chi connectivity index (χ3v) is 4.97. The third-order valence-electron chi connectivity index (χ3n) is 4.97. The van der Waals surface area contributed by atoms with E-state index in [0.717, 1.165) is 12.8 Å². The van der Waals surface area contributed by atoms with Crippen LogP contribution >= 0.6 is 0 Å². The second kappa shape index (κ2) is 7.95. The van der Waals surface area contributed by atoms with Gasteiger partial charge < -0.3 is 19.6 Å². The lowest BCUT2D eigenvalue weighted by molar-refractivity contribution is -0.109. The molecule has 2 aliphatic rings. The summed E-state index contributed by atoms with van der Waals surface area (Å²) in [6, 6.07) is 6.76. The van der Waals surface area contributed by atoms with E-state index in [0.29, 0.717) is 24.4 Å². The molecule has 26 heavy (non-hydrogen) atoms. The first kappa shape index (κ1) is 18.5. The summed E-state index contributed by atoms with van der Waals surface area (Å²) in [5.41, 5.74) is -0.195. The first-order valence-electron chi connectivity index (χ1n) is 8.68. The maximum absolute atomic E-state index is 13.1. The third kappa shape index (κ3) is 3.49. The van der Waals surface area contributed by atoms with Crippen LogP contribution in [0.4, 0.5) is 0 Å². The van der Waals surface area contributed by atoms with Crippen molar-refractivity contribution in [3.05, 3.63) is 54.1 Å². The fourth-order valence-corrected chi connectivity index (χ4v) is 3.46. The number of benzene rings is 1. The van der Waals surface area contributed by atoms with Gasteiger partial charge in [0.05, 0.1) is 19.1 Å². The van der Waals surface area contributed by atoms with Gasteiger partial charge in [0, 0.05) is 32.3 Å².